The van der Waals surface area contributed by atoms with E-state index in [4.69, 9.17) is 10.8 Å². The Morgan fingerprint density at radius 2 is 2.13 bits per heavy atom. The second kappa shape index (κ2) is 3.14. The summed E-state index contributed by atoms with van der Waals surface area (Å²) in [6.07, 6.45) is 2.03. The zero-order valence-electron chi connectivity index (χ0n) is 8.38. The monoisotopic (exact) mass is 219 g/mol. The minimum atomic E-state index is -2.58. The third kappa shape index (κ3) is 1.62. The molecule has 2 aliphatic carbocycles. The Bertz CT molecular complexity index is 295. The van der Waals surface area contributed by atoms with Crippen molar-refractivity contribution in [3.05, 3.63) is 0 Å². The molecule has 0 aromatic carbocycles. The van der Waals surface area contributed by atoms with E-state index in [2.05, 4.69) is 0 Å². The van der Waals surface area contributed by atoms with E-state index >= 15 is 0 Å². The minimum Gasteiger partial charge on any atom is -0.480 e. The topological polar surface area (TPSA) is 63.3 Å². The number of carbonyl (C=O) groups is 1. The first kappa shape index (κ1) is 10.8. The van der Waals surface area contributed by atoms with Gasteiger partial charge in [-0.2, -0.15) is 0 Å². The molecule has 2 rings (SSSR count). The number of nitrogens with two attached hydrogens (primary N) is 1. The predicted octanol–water partition coefficient (Wildman–Crippen LogP) is 1.61. The van der Waals surface area contributed by atoms with E-state index in [1.165, 1.54) is 0 Å². The molecule has 0 aromatic rings. The second-order valence-electron chi connectivity index (χ2n) is 4.88. The van der Waals surface area contributed by atoms with Crippen molar-refractivity contribution in [1.29, 1.82) is 0 Å². The predicted molar refractivity (Wildman–Crippen MR) is 49.6 cm³/mol. The van der Waals surface area contributed by atoms with Crippen LogP contribution in [-0.4, -0.2) is 23.0 Å². The van der Waals surface area contributed by atoms with Crippen LogP contribution in [0, 0.1) is 11.3 Å². The number of aliphatic carboxylic acids is 1. The Labute approximate surface area is 86.6 Å². The van der Waals surface area contributed by atoms with Gasteiger partial charge in [0.05, 0.1) is 0 Å². The molecule has 0 bridgehead atoms. The fourth-order valence-corrected chi connectivity index (χ4v) is 2.79. The van der Waals surface area contributed by atoms with Gasteiger partial charge in [-0.3, -0.25) is 4.79 Å². The Hall–Kier alpha value is -0.710. The number of carboxylic acid groups (broad SMARTS) is 1. The van der Waals surface area contributed by atoms with Crippen molar-refractivity contribution in [2.45, 2.75) is 44.1 Å². The summed E-state index contributed by atoms with van der Waals surface area (Å²) < 4.78 is 26.2. The summed E-state index contributed by atoms with van der Waals surface area (Å²) in [4.78, 5) is 10.7. The first-order valence-corrected chi connectivity index (χ1v) is 5.24. The van der Waals surface area contributed by atoms with Crippen LogP contribution in [-0.2, 0) is 4.79 Å². The third-order valence-electron chi connectivity index (χ3n) is 3.89. The molecule has 5 heteroatoms. The maximum atomic E-state index is 13.1. The molecule has 0 heterocycles. The summed E-state index contributed by atoms with van der Waals surface area (Å²) in [5.41, 5.74) is 4.57. The molecule has 2 saturated carbocycles. The van der Waals surface area contributed by atoms with Crippen molar-refractivity contribution in [1.82, 2.24) is 0 Å². The number of carboxylic acids is 1. The Balaban J connectivity index is 2.03. The van der Waals surface area contributed by atoms with Gasteiger partial charge in [-0.1, -0.05) is 6.42 Å². The number of halogens is 2. The minimum absolute atomic E-state index is 0.0805. The highest BCUT2D eigenvalue weighted by Gasteiger charge is 2.71. The van der Waals surface area contributed by atoms with Crippen molar-refractivity contribution >= 4 is 5.97 Å². The molecule has 0 aliphatic heterocycles. The summed E-state index contributed by atoms with van der Waals surface area (Å²) in [5, 5.41) is 8.74. The van der Waals surface area contributed by atoms with Crippen molar-refractivity contribution < 1.29 is 18.7 Å². The molecule has 1 unspecified atom stereocenters. The number of hydrogen-bond acceptors (Lipinski definition) is 2. The smallest absolute Gasteiger partial charge is 0.320 e. The molecule has 3 N–H and O–H groups in total. The summed E-state index contributed by atoms with van der Waals surface area (Å²) in [7, 11) is 0. The third-order valence-corrected chi connectivity index (χ3v) is 3.89. The zero-order valence-corrected chi connectivity index (χ0v) is 8.38. The van der Waals surface area contributed by atoms with Gasteiger partial charge in [0.15, 0.2) is 0 Å². The van der Waals surface area contributed by atoms with Crippen LogP contribution in [0.2, 0.25) is 0 Å². The highest BCUT2D eigenvalue weighted by molar-refractivity contribution is 5.73. The molecule has 3 atom stereocenters. The van der Waals surface area contributed by atoms with Crippen molar-refractivity contribution in [3.63, 3.8) is 0 Å². The maximum Gasteiger partial charge on any atom is 0.320 e. The fraction of sp³-hybridized carbons (Fsp3) is 0.900. The average Bonchev–Trinajstić information content (AvgIpc) is 2.65. The van der Waals surface area contributed by atoms with E-state index < -0.39 is 23.3 Å². The Morgan fingerprint density at radius 3 is 2.60 bits per heavy atom. The summed E-state index contributed by atoms with van der Waals surface area (Å²) in [5.74, 6) is -3.95. The molecule has 1 spiro atoms. The number of hydrogen-bond donors (Lipinski definition) is 2. The van der Waals surface area contributed by atoms with Crippen LogP contribution in [0.25, 0.3) is 0 Å². The fourth-order valence-electron chi connectivity index (χ4n) is 2.79. The highest BCUT2D eigenvalue weighted by Crippen LogP contribution is 2.68. The molecule has 0 radical (unpaired) electrons. The van der Waals surface area contributed by atoms with Crippen LogP contribution in [0.1, 0.15) is 32.1 Å². The van der Waals surface area contributed by atoms with Gasteiger partial charge >= 0.3 is 5.97 Å². The first-order valence-electron chi connectivity index (χ1n) is 5.24. The molecule has 86 valence electrons. The van der Waals surface area contributed by atoms with Crippen molar-refractivity contribution in [3.8, 4) is 0 Å². The van der Waals surface area contributed by atoms with E-state index in [9.17, 15) is 13.6 Å². The largest absolute Gasteiger partial charge is 0.480 e. The van der Waals surface area contributed by atoms with Crippen molar-refractivity contribution in [2.24, 2.45) is 17.1 Å². The molecule has 0 amide bonds. The van der Waals surface area contributed by atoms with Gasteiger partial charge in [0.1, 0.15) is 6.04 Å². The van der Waals surface area contributed by atoms with Crippen LogP contribution in [0.5, 0.6) is 0 Å². The number of rotatable bonds is 2. The summed E-state index contributed by atoms with van der Waals surface area (Å²) in [6.45, 7) is 0. The van der Waals surface area contributed by atoms with E-state index in [1.807, 2.05) is 0 Å². The SMILES string of the molecule is N[C@H](C(=O)O)[C@H]1CCCC2(C1)CC2(F)F. The van der Waals surface area contributed by atoms with E-state index in [-0.39, 0.29) is 18.8 Å². The molecule has 0 aromatic heterocycles. The zero-order chi connectivity index (χ0) is 11.3. The Morgan fingerprint density at radius 1 is 1.53 bits per heavy atom. The Kier molecular flexibility index (Phi) is 2.26. The second-order valence-corrected chi connectivity index (χ2v) is 4.88. The molecule has 2 aliphatic rings. The van der Waals surface area contributed by atoms with Gasteiger partial charge in [0.2, 0.25) is 0 Å². The standard InChI is InChI=1S/C10H15F2NO2/c11-10(12)5-9(10)3-1-2-6(4-9)7(13)8(14)15/h6-7H,1-5,13H2,(H,14,15)/t6-,7-,9?/m0/s1. The van der Waals surface area contributed by atoms with Crippen LogP contribution >= 0.6 is 0 Å². The van der Waals surface area contributed by atoms with Crippen LogP contribution in [0.4, 0.5) is 8.78 Å². The molecular weight excluding hydrogens is 204 g/mol. The van der Waals surface area contributed by atoms with Gasteiger partial charge < -0.3 is 10.8 Å². The van der Waals surface area contributed by atoms with Crippen molar-refractivity contribution in [2.75, 3.05) is 0 Å². The van der Waals surface area contributed by atoms with Gasteiger partial charge in [-0.25, -0.2) is 8.78 Å². The summed E-state index contributed by atoms with van der Waals surface area (Å²) in [6, 6.07) is -0.987. The van der Waals surface area contributed by atoms with E-state index in [1.54, 1.807) is 0 Å². The molecule has 0 saturated heterocycles. The maximum absolute atomic E-state index is 13.1. The normalized spacial score (nSPS) is 40.1. The average molecular weight is 219 g/mol. The lowest BCUT2D eigenvalue weighted by molar-refractivity contribution is -0.140. The molecular formula is C10H15F2NO2. The van der Waals surface area contributed by atoms with Crippen LogP contribution < -0.4 is 5.73 Å². The molecule has 3 nitrogen and oxygen atoms in total. The van der Waals surface area contributed by atoms with Crippen LogP contribution in [0.15, 0.2) is 0 Å². The molecule has 2 fully saturated rings. The number of alkyl halides is 2. The van der Waals surface area contributed by atoms with Gasteiger partial charge in [-0.15, -0.1) is 0 Å². The van der Waals surface area contributed by atoms with Gasteiger partial charge in [-0.05, 0) is 25.2 Å². The van der Waals surface area contributed by atoms with Crippen LogP contribution in [0.3, 0.4) is 0 Å². The van der Waals surface area contributed by atoms with E-state index in [0.717, 1.165) is 0 Å². The molecule has 15 heavy (non-hydrogen) atoms. The van der Waals surface area contributed by atoms with Gasteiger partial charge in [0, 0.05) is 11.8 Å². The lowest BCUT2D eigenvalue weighted by atomic mass is 9.75. The first-order chi connectivity index (χ1) is 6.88. The quantitative estimate of drug-likeness (QED) is 0.741. The van der Waals surface area contributed by atoms with Gasteiger partial charge in [0.25, 0.3) is 5.92 Å². The highest BCUT2D eigenvalue weighted by atomic mass is 19.3. The van der Waals surface area contributed by atoms with E-state index in [0.29, 0.717) is 19.3 Å². The summed E-state index contributed by atoms with van der Waals surface area (Å²) >= 11 is 0. The lowest BCUT2D eigenvalue weighted by Crippen LogP contribution is -2.41. The lowest BCUT2D eigenvalue weighted by Gasteiger charge is -2.31.